The lowest BCUT2D eigenvalue weighted by Gasteiger charge is -2.29. The molecule has 0 saturated heterocycles. The van der Waals surface area contributed by atoms with Crippen molar-refractivity contribution in [3.8, 4) is 0 Å². The largest absolute Gasteiger partial charge is 0.444 e. The van der Waals surface area contributed by atoms with Crippen LogP contribution in [0.3, 0.4) is 0 Å². The Morgan fingerprint density at radius 3 is 2.02 bits per heavy atom. The molecule has 0 aliphatic heterocycles. The summed E-state index contributed by atoms with van der Waals surface area (Å²) in [4.78, 5) is 51.1. The SMILES string of the molecule is COC(C)[C@H](NC(=O)N(C)Cc1csc(C(C)C)n1)C(=O)N[C@H](CC[C@H](Cc1ccccc1)NC(=O)OCc1cncs1)Cc1ccccc1. The molecule has 4 rings (SSSR count). The van der Waals surface area contributed by atoms with Crippen LogP contribution in [0.15, 0.2) is 77.8 Å². The molecule has 13 heteroatoms. The lowest BCUT2D eigenvalue weighted by Crippen LogP contribution is -2.57. The van der Waals surface area contributed by atoms with Crippen molar-refractivity contribution in [2.75, 3.05) is 14.2 Å². The zero-order chi connectivity index (χ0) is 35.9. The molecule has 0 radical (unpaired) electrons. The minimum atomic E-state index is -0.949. The van der Waals surface area contributed by atoms with Gasteiger partial charge in [-0.15, -0.1) is 22.7 Å². The van der Waals surface area contributed by atoms with Gasteiger partial charge in [0.25, 0.3) is 0 Å². The van der Waals surface area contributed by atoms with E-state index >= 15 is 0 Å². The van der Waals surface area contributed by atoms with Crippen molar-refractivity contribution in [3.63, 3.8) is 0 Å². The van der Waals surface area contributed by atoms with Crippen molar-refractivity contribution in [3.05, 3.63) is 104 Å². The highest BCUT2D eigenvalue weighted by Crippen LogP contribution is 2.20. The van der Waals surface area contributed by atoms with Gasteiger partial charge in [-0.05, 0) is 43.7 Å². The van der Waals surface area contributed by atoms with Gasteiger partial charge in [0.15, 0.2) is 0 Å². The molecule has 0 aliphatic carbocycles. The Hall–Kier alpha value is -4.33. The normalized spacial score (nSPS) is 13.6. The molecular formula is C37H48N6O5S2. The number of amides is 4. The number of methoxy groups -OCH3 is 1. The van der Waals surface area contributed by atoms with Crippen LogP contribution in [0.5, 0.6) is 0 Å². The number of alkyl carbamates (subject to hydrolysis) is 1. The topological polar surface area (TPSA) is 135 Å². The summed E-state index contributed by atoms with van der Waals surface area (Å²) in [5, 5.41) is 12.1. The average molecular weight is 721 g/mol. The predicted octanol–water partition coefficient (Wildman–Crippen LogP) is 6.31. The van der Waals surface area contributed by atoms with E-state index in [1.165, 1.54) is 23.3 Å². The van der Waals surface area contributed by atoms with Crippen LogP contribution in [-0.4, -0.2) is 71.3 Å². The fourth-order valence-corrected chi connectivity index (χ4v) is 6.68. The maximum absolute atomic E-state index is 13.9. The van der Waals surface area contributed by atoms with E-state index in [0.29, 0.717) is 38.1 Å². The van der Waals surface area contributed by atoms with Gasteiger partial charge in [-0.1, -0.05) is 74.5 Å². The summed E-state index contributed by atoms with van der Waals surface area (Å²) in [5.41, 5.74) is 4.62. The number of carbonyl (C=O) groups is 3. The van der Waals surface area contributed by atoms with Gasteiger partial charge in [0, 0.05) is 43.7 Å². The van der Waals surface area contributed by atoms with Gasteiger partial charge in [-0.3, -0.25) is 9.78 Å². The van der Waals surface area contributed by atoms with Crippen LogP contribution in [0.2, 0.25) is 0 Å². The molecule has 0 saturated carbocycles. The molecule has 2 heterocycles. The van der Waals surface area contributed by atoms with Crippen LogP contribution in [0, 0.1) is 0 Å². The van der Waals surface area contributed by atoms with Crippen molar-refractivity contribution in [1.29, 1.82) is 0 Å². The third-order valence-corrected chi connectivity index (χ3v) is 10.2. The van der Waals surface area contributed by atoms with Crippen LogP contribution in [0.1, 0.15) is 66.2 Å². The van der Waals surface area contributed by atoms with E-state index in [1.54, 1.807) is 37.0 Å². The molecule has 2 aromatic carbocycles. The molecule has 268 valence electrons. The smallest absolute Gasteiger partial charge is 0.407 e. The first-order valence-corrected chi connectivity index (χ1v) is 18.5. The van der Waals surface area contributed by atoms with Crippen molar-refractivity contribution in [2.45, 2.75) is 89.8 Å². The van der Waals surface area contributed by atoms with Gasteiger partial charge in [-0.2, -0.15) is 0 Å². The minimum absolute atomic E-state index is 0.143. The van der Waals surface area contributed by atoms with Crippen molar-refractivity contribution >= 4 is 40.7 Å². The zero-order valence-electron chi connectivity index (χ0n) is 29.3. The van der Waals surface area contributed by atoms with Gasteiger partial charge in [-0.25, -0.2) is 14.6 Å². The molecule has 0 fully saturated rings. The first-order valence-electron chi connectivity index (χ1n) is 16.8. The lowest BCUT2D eigenvalue weighted by atomic mass is 9.95. The second kappa shape index (κ2) is 19.8. The fourth-order valence-electron chi connectivity index (χ4n) is 5.35. The minimum Gasteiger partial charge on any atom is -0.444 e. The number of hydrogen-bond donors (Lipinski definition) is 3. The summed E-state index contributed by atoms with van der Waals surface area (Å²) in [6.45, 7) is 6.37. The molecule has 0 aliphatic rings. The molecule has 50 heavy (non-hydrogen) atoms. The number of benzene rings is 2. The Morgan fingerprint density at radius 2 is 1.48 bits per heavy atom. The highest BCUT2D eigenvalue weighted by Gasteiger charge is 2.30. The summed E-state index contributed by atoms with van der Waals surface area (Å²) >= 11 is 3.00. The molecule has 0 spiro atoms. The predicted molar refractivity (Wildman–Crippen MR) is 197 cm³/mol. The van der Waals surface area contributed by atoms with E-state index in [0.717, 1.165) is 26.7 Å². The molecule has 4 amide bonds. The van der Waals surface area contributed by atoms with Gasteiger partial charge < -0.3 is 30.3 Å². The number of hydrogen-bond acceptors (Lipinski definition) is 9. The summed E-state index contributed by atoms with van der Waals surface area (Å²) in [5.74, 6) is -0.0472. The number of nitrogens with one attached hydrogen (secondary N) is 3. The number of nitrogens with zero attached hydrogens (tertiary/aromatic N) is 3. The van der Waals surface area contributed by atoms with Crippen molar-refractivity contribution in [2.24, 2.45) is 0 Å². The van der Waals surface area contributed by atoms with Gasteiger partial charge in [0.2, 0.25) is 5.91 Å². The van der Waals surface area contributed by atoms with Crippen LogP contribution >= 0.6 is 22.7 Å². The Morgan fingerprint density at radius 1 is 0.860 bits per heavy atom. The van der Waals surface area contributed by atoms with Crippen LogP contribution in [0.4, 0.5) is 9.59 Å². The lowest BCUT2D eigenvalue weighted by molar-refractivity contribution is -0.126. The summed E-state index contributed by atoms with van der Waals surface area (Å²) < 4.78 is 11.0. The number of carbonyl (C=O) groups excluding carboxylic acids is 3. The van der Waals surface area contributed by atoms with Crippen molar-refractivity contribution in [1.82, 2.24) is 30.8 Å². The fraction of sp³-hybridized carbons (Fsp3) is 0.432. The highest BCUT2D eigenvalue weighted by molar-refractivity contribution is 7.09. The Bertz CT molecular complexity index is 1600. The molecule has 4 aromatic rings. The average Bonchev–Trinajstić information content (AvgIpc) is 3.82. The molecule has 4 atom stereocenters. The maximum Gasteiger partial charge on any atom is 0.407 e. The monoisotopic (exact) mass is 720 g/mol. The Labute approximate surface area is 302 Å². The van der Waals surface area contributed by atoms with E-state index in [4.69, 9.17) is 9.47 Å². The number of thiazole rings is 2. The third kappa shape index (κ3) is 12.5. The number of urea groups is 1. The van der Waals surface area contributed by atoms with Crippen LogP contribution < -0.4 is 16.0 Å². The number of rotatable bonds is 18. The molecule has 3 N–H and O–H groups in total. The van der Waals surface area contributed by atoms with E-state index < -0.39 is 24.3 Å². The third-order valence-electron chi connectivity index (χ3n) is 8.22. The van der Waals surface area contributed by atoms with Crippen LogP contribution in [0.25, 0.3) is 0 Å². The number of ether oxygens (including phenoxy) is 2. The molecular weight excluding hydrogens is 673 g/mol. The second-order valence-corrected chi connectivity index (χ2v) is 14.5. The standard InChI is InChI=1S/C37H48N6O5S2/c1-25(2)35-40-31(23-49-35)21-43(4)36(45)42-33(26(3)47-5)34(44)39-29(18-27-12-8-6-9-13-27)16-17-30(19-28-14-10-7-11-15-28)41-37(46)48-22-32-20-38-24-50-32/h6-15,20,23-26,29-30,33H,16-19,21-22H2,1-5H3,(H,39,44)(H,41,46)(H,42,45)/t26?,29-,30-,33+/m1/s1. The summed E-state index contributed by atoms with van der Waals surface area (Å²) in [7, 11) is 3.19. The molecule has 0 bridgehead atoms. The van der Waals surface area contributed by atoms with E-state index in [1.807, 2.05) is 66.0 Å². The van der Waals surface area contributed by atoms with Gasteiger partial charge in [0.1, 0.15) is 12.6 Å². The first kappa shape index (κ1) is 38.5. The summed E-state index contributed by atoms with van der Waals surface area (Å²) in [6, 6.07) is 17.9. The quantitative estimate of drug-likeness (QED) is 0.110. The highest BCUT2D eigenvalue weighted by atomic mass is 32.1. The molecule has 11 nitrogen and oxygen atoms in total. The second-order valence-electron chi connectivity index (χ2n) is 12.6. The van der Waals surface area contributed by atoms with Crippen molar-refractivity contribution < 1.29 is 23.9 Å². The number of aromatic nitrogens is 2. The van der Waals surface area contributed by atoms with Gasteiger partial charge in [0.05, 0.1) is 33.7 Å². The van der Waals surface area contributed by atoms with E-state index in [-0.39, 0.29) is 24.6 Å². The van der Waals surface area contributed by atoms with E-state index in [2.05, 4.69) is 39.8 Å². The molecule has 1 unspecified atom stereocenters. The zero-order valence-corrected chi connectivity index (χ0v) is 31.0. The Balaban J connectivity index is 1.45. The maximum atomic E-state index is 13.9. The summed E-state index contributed by atoms with van der Waals surface area (Å²) in [6.07, 6.45) is 2.83. The van der Waals surface area contributed by atoms with E-state index in [9.17, 15) is 14.4 Å². The first-order chi connectivity index (χ1) is 24.1. The Kier molecular flexibility index (Phi) is 15.2. The van der Waals surface area contributed by atoms with Gasteiger partial charge >= 0.3 is 12.1 Å². The van der Waals surface area contributed by atoms with Crippen LogP contribution in [-0.2, 0) is 40.3 Å². The molecule has 2 aromatic heterocycles.